The lowest BCUT2D eigenvalue weighted by molar-refractivity contribution is -0.118. The normalized spacial score (nSPS) is 11.0. The fourth-order valence-corrected chi connectivity index (χ4v) is 3.44. The highest BCUT2D eigenvalue weighted by Gasteiger charge is 2.20. The van der Waals surface area contributed by atoms with E-state index in [0.29, 0.717) is 11.3 Å². The predicted octanol–water partition coefficient (Wildman–Crippen LogP) is 2.71. The molecule has 0 aliphatic rings. The Morgan fingerprint density at radius 3 is 2.00 bits per heavy atom. The monoisotopic (exact) mass is 374 g/mol. The van der Waals surface area contributed by atoms with Crippen LogP contribution in [0, 0.1) is 0 Å². The predicted molar refractivity (Wildman–Crippen MR) is 103 cm³/mol. The first-order valence-corrected chi connectivity index (χ1v) is 9.95. The van der Waals surface area contributed by atoms with Gasteiger partial charge in [-0.15, -0.1) is 0 Å². The first-order chi connectivity index (χ1) is 12.2. The Kier molecular flexibility index (Phi) is 6.15. The number of hydrogen-bond acceptors (Lipinski definition) is 4. The summed E-state index contributed by atoms with van der Waals surface area (Å²) in [5.74, 6) is -0.285. The fourth-order valence-electron chi connectivity index (χ4n) is 2.51. The molecular formula is C19H22N2O4S. The molecule has 0 saturated heterocycles. The summed E-state index contributed by atoms with van der Waals surface area (Å²) < 4.78 is 25.4. The van der Waals surface area contributed by atoms with Crippen LogP contribution in [0.25, 0.3) is 0 Å². The van der Waals surface area contributed by atoms with Crippen LogP contribution in [0.5, 0.6) is 0 Å². The molecule has 0 heterocycles. The van der Waals surface area contributed by atoms with Crippen LogP contribution in [0.3, 0.4) is 0 Å². The van der Waals surface area contributed by atoms with Gasteiger partial charge in [0.05, 0.1) is 11.9 Å². The van der Waals surface area contributed by atoms with Crippen LogP contribution in [0.4, 0.5) is 11.4 Å². The van der Waals surface area contributed by atoms with Crippen LogP contribution in [0.2, 0.25) is 0 Å². The molecule has 7 heteroatoms. The van der Waals surface area contributed by atoms with E-state index in [9.17, 15) is 18.0 Å². The Bertz CT molecular complexity index is 878. The van der Waals surface area contributed by atoms with Gasteiger partial charge in [0.25, 0.3) is 0 Å². The quantitative estimate of drug-likeness (QED) is 0.699. The highest BCUT2D eigenvalue weighted by atomic mass is 32.2. The van der Waals surface area contributed by atoms with Crippen molar-refractivity contribution in [2.75, 3.05) is 29.1 Å². The average Bonchev–Trinajstić information content (AvgIpc) is 2.61. The van der Waals surface area contributed by atoms with Gasteiger partial charge in [0.15, 0.2) is 5.78 Å². The number of rotatable bonds is 7. The molecule has 2 aromatic rings. The number of ketones is 1. The second-order valence-corrected chi connectivity index (χ2v) is 7.88. The number of sulfonamides is 1. The van der Waals surface area contributed by atoms with Crippen LogP contribution >= 0.6 is 0 Å². The third kappa shape index (κ3) is 4.92. The maximum atomic E-state index is 12.4. The minimum absolute atomic E-state index is 0.0221. The summed E-state index contributed by atoms with van der Waals surface area (Å²) in [6.45, 7) is 1.47. The van der Waals surface area contributed by atoms with Crippen molar-refractivity contribution in [3.63, 3.8) is 0 Å². The largest absolute Gasteiger partial charge is 0.315 e. The standard InChI is InChI=1S/C19H22N2O4S/c1-15(22)16-9-11-18(12-10-16)21(26(3,24)25)14-13-19(23)20(2)17-7-5-4-6-8-17/h4-12H,13-14H2,1-3H3. The lowest BCUT2D eigenvalue weighted by Crippen LogP contribution is -2.35. The van der Waals surface area contributed by atoms with Gasteiger partial charge in [0.2, 0.25) is 15.9 Å². The third-order valence-corrected chi connectivity index (χ3v) is 5.20. The zero-order valence-corrected chi connectivity index (χ0v) is 15.9. The van der Waals surface area contributed by atoms with Crippen molar-refractivity contribution >= 4 is 33.1 Å². The zero-order chi connectivity index (χ0) is 19.3. The number of benzene rings is 2. The summed E-state index contributed by atoms with van der Waals surface area (Å²) >= 11 is 0. The minimum atomic E-state index is -3.56. The van der Waals surface area contributed by atoms with Crippen molar-refractivity contribution in [2.45, 2.75) is 13.3 Å². The van der Waals surface area contributed by atoms with Crippen LogP contribution in [-0.2, 0) is 14.8 Å². The molecule has 0 aliphatic carbocycles. The summed E-state index contributed by atoms with van der Waals surface area (Å²) in [7, 11) is -1.90. The van der Waals surface area contributed by atoms with Crippen molar-refractivity contribution in [3.8, 4) is 0 Å². The molecule has 138 valence electrons. The summed E-state index contributed by atoms with van der Waals surface area (Å²) in [5.41, 5.74) is 1.67. The van der Waals surface area contributed by atoms with E-state index in [-0.39, 0.29) is 24.7 Å². The van der Waals surface area contributed by atoms with Crippen molar-refractivity contribution in [1.82, 2.24) is 0 Å². The van der Waals surface area contributed by atoms with Gasteiger partial charge in [0, 0.05) is 31.3 Å². The molecule has 1 amide bonds. The van der Waals surface area contributed by atoms with Gasteiger partial charge in [-0.05, 0) is 43.3 Å². The number of amides is 1. The minimum Gasteiger partial charge on any atom is -0.315 e. The number of carbonyl (C=O) groups excluding carboxylic acids is 2. The molecule has 0 unspecified atom stereocenters. The van der Waals surface area contributed by atoms with Crippen molar-refractivity contribution in [3.05, 3.63) is 60.2 Å². The van der Waals surface area contributed by atoms with Crippen molar-refractivity contribution in [1.29, 1.82) is 0 Å². The van der Waals surface area contributed by atoms with Crippen LogP contribution < -0.4 is 9.21 Å². The highest BCUT2D eigenvalue weighted by molar-refractivity contribution is 7.92. The van der Waals surface area contributed by atoms with Crippen LogP contribution in [0.15, 0.2) is 54.6 Å². The van der Waals surface area contributed by atoms with E-state index in [1.165, 1.54) is 16.1 Å². The molecule has 0 fully saturated rings. The molecule has 2 rings (SSSR count). The first-order valence-electron chi connectivity index (χ1n) is 8.10. The maximum Gasteiger partial charge on any atom is 0.232 e. The average molecular weight is 374 g/mol. The third-order valence-electron chi connectivity index (χ3n) is 4.01. The second-order valence-electron chi connectivity index (χ2n) is 5.98. The van der Waals surface area contributed by atoms with Gasteiger partial charge in [-0.2, -0.15) is 0 Å². The smallest absolute Gasteiger partial charge is 0.232 e. The first kappa shape index (κ1) is 19.7. The molecular weight excluding hydrogens is 352 g/mol. The number of nitrogens with zero attached hydrogens (tertiary/aromatic N) is 2. The molecule has 0 radical (unpaired) electrons. The van der Waals surface area contributed by atoms with E-state index in [2.05, 4.69) is 0 Å². The van der Waals surface area contributed by atoms with E-state index < -0.39 is 10.0 Å². The lowest BCUT2D eigenvalue weighted by Gasteiger charge is -2.24. The molecule has 0 N–H and O–H groups in total. The molecule has 2 aromatic carbocycles. The molecule has 6 nitrogen and oxygen atoms in total. The van der Waals surface area contributed by atoms with E-state index >= 15 is 0 Å². The molecule has 0 aliphatic heterocycles. The Morgan fingerprint density at radius 1 is 0.923 bits per heavy atom. The molecule has 0 aromatic heterocycles. The SMILES string of the molecule is CC(=O)c1ccc(N(CCC(=O)N(C)c2ccccc2)S(C)(=O)=O)cc1. The number of para-hydroxylation sites is 1. The Morgan fingerprint density at radius 2 is 1.50 bits per heavy atom. The Balaban J connectivity index is 2.14. The van der Waals surface area contributed by atoms with Crippen molar-refractivity contribution < 1.29 is 18.0 Å². The zero-order valence-electron chi connectivity index (χ0n) is 15.0. The number of carbonyl (C=O) groups is 2. The van der Waals surface area contributed by atoms with Gasteiger partial charge in [-0.1, -0.05) is 18.2 Å². The lowest BCUT2D eigenvalue weighted by atomic mass is 10.1. The number of hydrogen-bond donors (Lipinski definition) is 0. The summed E-state index contributed by atoms with van der Waals surface area (Å²) in [4.78, 5) is 25.3. The summed E-state index contributed by atoms with van der Waals surface area (Å²) in [6.07, 6.45) is 1.13. The van der Waals surface area contributed by atoms with E-state index in [1.54, 1.807) is 31.3 Å². The number of Topliss-reactive ketones (excluding diaryl/α,β-unsaturated/α-hetero) is 1. The van der Waals surface area contributed by atoms with Crippen LogP contribution in [-0.4, -0.2) is 40.0 Å². The van der Waals surface area contributed by atoms with Gasteiger partial charge < -0.3 is 4.90 Å². The van der Waals surface area contributed by atoms with E-state index in [1.807, 2.05) is 30.3 Å². The van der Waals surface area contributed by atoms with Gasteiger partial charge in [0.1, 0.15) is 0 Å². The number of anilines is 2. The molecule has 26 heavy (non-hydrogen) atoms. The van der Waals surface area contributed by atoms with Crippen LogP contribution in [0.1, 0.15) is 23.7 Å². The Labute approximate surface area is 154 Å². The summed E-state index contributed by atoms with van der Waals surface area (Å²) in [5, 5.41) is 0. The van der Waals surface area contributed by atoms with E-state index in [0.717, 1.165) is 11.9 Å². The van der Waals surface area contributed by atoms with E-state index in [4.69, 9.17) is 0 Å². The molecule has 0 spiro atoms. The molecule has 0 saturated carbocycles. The second kappa shape index (κ2) is 8.14. The summed E-state index contributed by atoms with van der Waals surface area (Å²) in [6, 6.07) is 15.4. The van der Waals surface area contributed by atoms with Gasteiger partial charge >= 0.3 is 0 Å². The highest BCUT2D eigenvalue weighted by Crippen LogP contribution is 2.20. The van der Waals surface area contributed by atoms with Gasteiger partial charge in [-0.3, -0.25) is 13.9 Å². The Hall–Kier alpha value is -2.67. The topological polar surface area (TPSA) is 74.8 Å². The molecule has 0 atom stereocenters. The van der Waals surface area contributed by atoms with Crippen molar-refractivity contribution in [2.24, 2.45) is 0 Å². The van der Waals surface area contributed by atoms with Gasteiger partial charge in [-0.25, -0.2) is 8.42 Å². The fraction of sp³-hybridized carbons (Fsp3) is 0.263. The maximum absolute atomic E-state index is 12.4. The molecule has 0 bridgehead atoms.